The summed E-state index contributed by atoms with van der Waals surface area (Å²) >= 11 is 0. The number of carbonyl (C=O) groups is 1. The van der Waals surface area contributed by atoms with Gasteiger partial charge in [0.1, 0.15) is 0 Å². The highest BCUT2D eigenvalue weighted by Gasteiger charge is 2.31. The van der Waals surface area contributed by atoms with Crippen LogP contribution in [0.5, 0.6) is 0 Å². The van der Waals surface area contributed by atoms with Gasteiger partial charge in [-0.15, -0.1) is 0 Å². The minimum absolute atomic E-state index is 0.312. The minimum atomic E-state index is -0.422. The van der Waals surface area contributed by atoms with Crippen LogP contribution in [0.15, 0.2) is 0 Å². The van der Waals surface area contributed by atoms with Gasteiger partial charge in [0.25, 0.3) is 0 Å². The second kappa shape index (κ2) is 5.21. The van der Waals surface area contributed by atoms with Gasteiger partial charge in [-0.05, 0) is 68.5 Å². The van der Waals surface area contributed by atoms with Crippen LogP contribution in [0.2, 0.25) is 0 Å². The van der Waals surface area contributed by atoms with E-state index in [2.05, 4.69) is 24.1 Å². The van der Waals surface area contributed by atoms with E-state index in [1.54, 1.807) is 0 Å². The zero-order valence-electron chi connectivity index (χ0n) is 11.5. The molecule has 17 heavy (non-hydrogen) atoms. The lowest BCUT2D eigenvalue weighted by Crippen LogP contribution is -2.35. The van der Waals surface area contributed by atoms with Gasteiger partial charge in [-0.1, -0.05) is 0 Å². The van der Waals surface area contributed by atoms with Crippen LogP contribution in [0.25, 0.3) is 0 Å². The molecular weight excluding hydrogens is 230 g/mol. The van der Waals surface area contributed by atoms with Crippen molar-refractivity contribution in [1.82, 2.24) is 5.32 Å². The van der Waals surface area contributed by atoms with Gasteiger partial charge in [0.15, 0.2) is 0 Å². The summed E-state index contributed by atoms with van der Waals surface area (Å²) in [6.07, 6.45) is 14.6. The third-order valence-electron chi connectivity index (χ3n) is 4.31. The second-order valence-corrected chi connectivity index (χ2v) is 11.1. The fourth-order valence-electron chi connectivity index (χ4n) is 2.74. The summed E-state index contributed by atoms with van der Waals surface area (Å²) in [4.78, 5) is 12.0. The quantitative estimate of drug-likeness (QED) is 0.824. The standard InChI is InChI=1S/C14H27NOS/c1-17(2,3)13-8-6-12(7-9-13)14(16)15-10-11-4-5-11/h11-13H,4-10H2,1-3H3,(H,15,16). The van der Waals surface area contributed by atoms with Gasteiger partial charge in [0.05, 0.1) is 0 Å². The van der Waals surface area contributed by atoms with Crippen molar-refractivity contribution in [3.8, 4) is 0 Å². The van der Waals surface area contributed by atoms with Crippen molar-refractivity contribution in [3.63, 3.8) is 0 Å². The highest BCUT2D eigenvalue weighted by molar-refractivity contribution is 8.32. The average molecular weight is 257 g/mol. The number of hydrogen-bond acceptors (Lipinski definition) is 1. The van der Waals surface area contributed by atoms with Gasteiger partial charge in [0, 0.05) is 12.5 Å². The third-order valence-corrected chi connectivity index (χ3v) is 6.78. The number of rotatable bonds is 4. The first-order chi connectivity index (χ1) is 7.97. The first-order valence-electron chi connectivity index (χ1n) is 6.91. The third kappa shape index (κ3) is 3.90. The molecule has 0 radical (unpaired) electrons. The monoisotopic (exact) mass is 257 g/mol. The van der Waals surface area contributed by atoms with Crippen molar-refractivity contribution in [1.29, 1.82) is 0 Å². The van der Waals surface area contributed by atoms with Crippen LogP contribution in [0.3, 0.4) is 0 Å². The van der Waals surface area contributed by atoms with E-state index in [1.165, 1.54) is 25.7 Å². The maximum atomic E-state index is 12.0. The lowest BCUT2D eigenvalue weighted by Gasteiger charge is -2.40. The van der Waals surface area contributed by atoms with E-state index in [1.807, 2.05) is 0 Å². The molecule has 2 nitrogen and oxygen atoms in total. The fraction of sp³-hybridized carbons (Fsp3) is 0.929. The SMILES string of the molecule is CS(C)(C)C1CCC(C(=O)NCC2CC2)CC1. The van der Waals surface area contributed by atoms with E-state index in [9.17, 15) is 4.79 Å². The molecule has 100 valence electrons. The van der Waals surface area contributed by atoms with Crippen LogP contribution in [0.1, 0.15) is 38.5 Å². The zero-order valence-corrected chi connectivity index (χ0v) is 12.3. The molecule has 2 fully saturated rings. The van der Waals surface area contributed by atoms with Crippen molar-refractivity contribution in [2.24, 2.45) is 11.8 Å². The highest BCUT2D eigenvalue weighted by atomic mass is 32.3. The van der Waals surface area contributed by atoms with Crippen molar-refractivity contribution in [2.75, 3.05) is 25.3 Å². The molecule has 0 aromatic heterocycles. The molecule has 0 saturated heterocycles. The number of hydrogen-bond donors (Lipinski definition) is 1. The van der Waals surface area contributed by atoms with Crippen LogP contribution in [0, 0.1) is 11.8 Å². The van der Waals surface area contributed by atoms with Gasteiger partial charge in [0.2, 0.25) is 5.91 Å². The lowest BCUT2D eigenvalue weighted by atomic mass is 9.88. The van der Waals surface area contributed by atoms with Crippen LogP contribution in [0.4, 0.5) is 0 Å². The maximum absolute atomic E-state index is 12.0. The van der Waals surface area contributed by atoms with Gasteiger partial charge in [-0.2, -0.15) is 0 Å². The molecule has 0 aliphatic heterocycles. The second-order valence-electron chi connectivity index (χ2n) is 6.59. The van der Waals surface area contributed by atoms with Gasteiger partial charge in [-0.25, -0.2) is 10.0 Å². The van der Waals surface area contributed by atoms with E-state index in [0.717, 1.165) is 30.6 Å². The van der Waals surface area contributed by atoms with E-state index < -0.39 is 10.0 Å². The summed E-state index contributed by atoms with van der Waals surface area (Å²) in [6, 6.07) is 0. The van der Waals surface area contributed by atoms with E-state index in [-0.39, 0.29) is 0 Å². The number of carbonyl (C=O) groups excluding carboxylic acids is 1. The first-order valence-corrected chi connectivity index (χ1v) is 9.84. The Bertz CT molecular complexity index is 272. The van der Waals surface area contributed by atoms with Gasteiger partial charge < -0.3 is 5.32 Å². The minimum Gasteiger partial charge on any atom is -0.356 e. The summed E-state index contributed by atoms with van der Waals surface area (Å²) in [5, 5.41) is 4.02. The molecule has 0 aromatic carbocycles. The molecule has 1 N–H and O–H groups in total. The van der Waals surface area contributed by atoms with Crippen LogP contribution >= 0.6 is 10.0 Å². The highest BCUT2D eigenvalue weighted by Crippen LogP contribution is 2.48. The fourth-order valence-corrected chi connectivity index (χ4v) is 4.43. The van der Waals surface area contributed by atoms with Crippen molar-refractivity contribution >= 4 is 15.9 Å². The Morgan fingerprint density at radius 2 is 1.65 bits per heavy atom. The molecule has 0 spiro atoms. The zero-order chi connectivity index (χ0) is 12.5. The Labute approximate surface area is 107 Å². The summed E-state index contributed by atoms with van der Waals surface area (Å²) in [5.41, 5.74) is 0. The summed E-state index contributed by atoms with van der Waals surface area (Å²) < 4.78 is 0. The number of nitrogens with one attached hydrogen (secondary N) is 1. The summed E-state index contributed by atoms with van der Waals surface area (Å²) in [7, 11) is -0.422. The van der Waals surface area contributed by atoms with E-state index >= 15 is 0 Å². The molecule has 3 heteroatoms. The molecule has 2 saturated carbocycles. The predicted molar refractivity (Wildman–Crippen MR) is 76.8 cm³/mol. The van der Waals surface area contributed by atoms with Crippen LogP contribution in [-0.2, 0) is 4.79 Å². The topological polar surface area (TPSA) is 29.1 Å². The van der Waals surface area contributed by atoms with E-state index in [0.29, 0.717) is 11.8 Å². The molecule has 0 aromatic rings. The Morgan fingerprint density at radius 1 is 1.06 bits per heavy atom. The van der Waals surface area contributed by atoms with Crippen molar-refractivity contribution in [2.45, 2.75) is 43.8 Å². The summed E-state index contributed by atoms with van der Waals surface area (Å²) in [6.45, 7) is 0.934. The normalized spacial score (nSPS) is 31.0. The molecule has 0 heterocycles. The molecule has 1 amide bonds. The van der Waals surface area contributed by atoms with Gasteiger partial charge in [-0.3, -0.25) is 4.79 Å². The Morgan fingerprint density at radius 3 is 2.12 bits per heavy atom. The van der Waals surface area contributed by atoms with Crippen LogP contribution in [-0.4, -0.2) is 36.5 Å². The Kier molecular flexibility index (Phi) is 4.06. The lowest BCUT2D eigenvalue weighted by molar-refractivity contribution is -0.125. The smallest absolute Gasteiger partial charge is 0.223 e. The molecule has 0 bridgehead atoms. The molecule has 0 unspecified atom stereocenters. The van der Waals surface area contributed by atoms with E-state index in [4.69, 9.17) is 0 Å². The van der Waals surface area contributed by atoms with Gasteiger partial charge >= 0.3 is 0 Å². The molecule has 2 aliphatic carbocycles. The maximum Gasteiger partial charge on any atom is 0.223 e. The largest absolute Gasteiger partial charge is 0.356 e. The molecule has 0 atom stereocenters. The predicted octanol–water partition coefficient (Wildman–Crippen LogP) is 2.77. The number of amides is 1. The average Bonchev–Trinajstić information content (AvgIpc) is 3.09. The Hall–Kier alpha value is -0.180. The molecular formula is C14H27NOS. The summed E-state index contributed by atoms with van der Waals surface area (Å²) in [5.74, 6) is 1.44. The van der Waals surface area contributed by atoms with Crippen LogP contribution < -0.4 is 5.32 Å². The molecule has 2 aliphatic rings. The molecule has 2 rings (SSSR count). The van der Waals surface area contributed by atoms with Crippen molar-refractivity contribution < 1.29 is 4.79 Å². The Balaban J connectivity index is 1.72. The first kappa shape index (κ1) is 13.3. The van der Waals surface area contributed by atoms with Crippen molar-refractivity contribution in [3.05, 3.63) is 0 Å².